The number of likely N-dealkylation sites (N-methyl/N-ethyl adjacent to an activating group) is 1. The molecule has 0 bridgehead atoms. The molecule has 1 unspecified atom stereocenters. The van der Waals surface area contributed by atoms with Crippen LogP contribution in [-0.4, -0.2) is 40.6 Å². The molecule has 29 heavy (non-hydrogen) atoms. The molecule has 4 rings (SSSR count). The van der Waals surface area contributed by atoms with Crippen molar-refractivity contribution in [1.29, 1.82) is 0 Å². The van der Waals surface area contributed by atoms with Gasteiger partial charge in [0.25, 0.3) is 0 Å². The number of imidazole rings is 1. The Balaban J connectivity index is 1.59. The Hall–Kier alpha value is -2.82. The van der Waals surface area contributed by atoms with Crippen molar-refractivity contribution in [1.82, 2.24) is 14.5 Å². The Morgan fingerprint density at radius 3 is 2.72 bits per heavy atom. The van der Waals surface area contributed by atoms with Gasteiger partial charge in [-0.3, -0.25) is 4.79 Å². The maximum Gasteiger partial charge on any atom is 0.223 e. The van der Waals surface area contributed by atoms with Gasteiger partial charge in [0.15, 0.2) is 0 Å². The molecule has 0 spiro atoms. The number of carbonyl (C=O) groups excluding carboxylic acids is 1. The maximum atomic E-state index is 12.1. The average molecular weight is 392 g/mol. The average Bonchev–Trinajstić information content (AvgIpc) is 3.22. The largest absolute Gasteiger partial charge is 0.491 e. The van der Waals surface area contributed by atoms with Crippen LogP contribution in [0.25, 0.3) is 11.0 Å². The third kappa shape index (κ3) is 3.86. The second-order valence-electron chi connectivity index (χ2n) is 8.33. The van der Waals surface area contributed by atoms with E-state index >= 15 is 0 Å². The van der Waals surface area contributed by atoms with Gasteiger partial charge in [0.2, 0.25) is 5.91 Å². The van der Waals surface area contributed by atoms with E-state index in [2.05, 4.69) is 49.6 Å². The minimum Gasteiger partial charge on any atom is -0.491 e. The Morgan fingerprint density at radius 2 is 2.00 bits per heavy atom. The minimum atomic E-state index is 0.130. The van der Waals surface area contributed by atoms with Crippen LogP contribution in [0, 0.1) is 6.92 Å². The summed E-state index contributed by atoms with van der Waals surface area (Å²) in [4.78, 5) is 18.8. The molecule has 1 aliphatic heterocycles. The van der Waals surface area contributed by atoms with Crippen molar-refractivity contribution in [2.24, 2.45) is 0 Å². The normalized spacial score (nSPS) is 16.9. The summed E-state index contributed by atoms with van der Waals surface area (Å²) in [5.41, 5.74) is 4.50. The van der Waals surface area contributed by atoms with Gasteiger partial charge < -0.3 is 14.2 Å². The second-order valence-corrected chi connectivity index (χ2v) is 8.33. The lowest BCUT2D eigenvalue weighted by Crippen LogP contribution is -2.19. The number of hydrogen-bond acceptors (Lipinski definition) is 3. The van der Waals surface area contributed by atoms with Crippen LogP contribution in [-0.2, 0) is 11.3 Å². The van der Waals surface area contributed by atoms with E-state index in [0.717, 1.165) is 29.2 Å². The fourth-order valence-electron chi connectivity index (χ4n) is 4.17. The molecule has 5 heteroatoms. The van der Waals surface area contributed by atoms with Gasteiger partial charge in [-0.1, -0.05) is 38.1 Å². The first kappa shape index (κ1) is 19.5. The minimum absolute atomic E-state index is 0.130. The molecule has 0 N–H and O–H groups in total. The predicted octanol–water partition coefficient (Wildman–Crippen LogP) is 4.49. The van der Waals surface area contributed by atoms with Crippen LogP contribution < -0.4 is 4.74 Å². The van der Waals surface area contributed by atoms with Gasteiger partial charge in [0.1, 0.15) is 18.2 Å². The predicted molar refractivity (Wildman–Crippen MR) is 115 cm³/mol. The molecule has 152 valence electrons. The van der Waals surface area contributed by atoms with Crippen LogP contribution in [0.5, 0.6) is 5.75 Å². The van der Waals surface area contributed by atoms with Gasteiger partial charge in [0.05, 0.1) is 17.6 Å². The number of aryl methyl sites for hydroxylation is 1. The SMILES string of the molecule is Cc1ccc(C(C)C)c(OCCn2c(C3CC(=O)N(C)C3)nc3ccccc32)c1. The second kappa shape index (κ2) is 7.90. The van der Waals surface area contributed by atoms with Gasteiger partial charge in [0, 0.05) is 25.9 Å². The van der Waals surface area contributed by atoms with E-state index in [1.54, 1.807) is 4.90 Å². The fourth-order valence-corrected chi connectivity index (χ4v) is 4.17. The van der Waals surface area contributed by atoms with Crippen LogP contribution in [0.3, 0.4) is 0 Å². The number of rotatable bonds is 6. The van der Waals surface area contributed by atoms with E-state index in [1.807, 2.05) is 25.2 Å². The van der Waals surface area contributed by atoms with Crippen LogP contribution in [0.15, 0.2) is 42.5 Å². The first-order valence-electron chi connectivity index (χ1n) is 10.4. The zero-order valence-corrected chi connectivity index (χ0v) is 17.7. The molecule has 3 aromatic rings. The number of fused-ring (bicyclic) bond motifs is 1. The number of carbonyl (C=O) groups is 1. The number of likely N-dealkylation sites (tertiary alicyclic amines) is 1. The van der Waals surface area contributed by atoms with Gasteiger partial charge >= 0.3 is 0 Å². The van der Waals surface area contributed by atoms with Crippen molar-refractivity contribution in [2.45, 2.75) is 45.6 Å². The number of hydrogen-bond donors (Lipinski definition) is 0. The van der Waals surface area contributed by atoms with Gasteiger partial charge in [-0.05, 0) is 42.2 Å². The molecule has 1 aromatic heterocycles. The summed E-state index contributed by atoms with van der Waals surface area (Å²) in [7, 11) is 1.86. The molecule has 5 nitrogen and oxygen atoms in total. The van der Waals surface area contributed by atoms with E-state index in [9.17, 15) is 4.79 Å². The van der Waals surface area contributed by atoms with Crippen molar-refractivity contribution in [3.05, 3.63) is 59.4 Å². The van der Waals surface area contributed by atoms with Crippen molar-refractivity contribution >= 4 is 16.9 Å². The molecular weight excluding hydrogens is 362 g/mol. The van der Waals surface area contributed by atoms with Crippen LogP contribution in [0.1, 0.15) is 49.1 Å². The number of para-hydroxylation sites is 2. The van der Waals surface area contributed by atoms with Crippen molar-refractivity contribution < 1.29 is 9.53 Å². The van der Waals surface area contributed by atoms with E-state index < -0.39 is 0 Å². The van der Waals surface area contributed by atoms with Crippen molar-refractivity contribution in [2.75, 3.05) is 20.2 Å². The molecule has 1 fully saturated rings. The highest BCUT2D eigenvalue weighted by Crippen LogP contribution is 2.30. The summed E-state index contributed by atoms with van der Waals surface area (Å²) in [6.07, 6.45) is 0.524. The maximum absolute atomic E-state index is 12.1. The fraction of sp³-hybridized carbons (Fsp3) is 0.417. The van der Waals surface area contributed by atoms with E-state index in [4.69, 9.17) is 9.72 Å². The summed E-state index contributed by atoms with van der Waals surface area (Å²) < 4.78 is 8.47. The number of nitrogens with zero attached hydrogens (tertiary/aromatic N) is 3. The summed E-state index contributed by atoms with van der Waals surface area (Å²) in [5, 5.41) is 0. The van der Waals surface area contributed by atoms with Crippen LogP contribution >= 0.6 is 0 Å². The summed E-state index contributed by atoms with van der Waals surface area (Å²) in [6, 6.07) is 14.6. The van der Waals surface area contributed by atoms with E-state index in [-0.39, 0.29) is 11.8 Å². The zero-order chi connectivity index (χ0) is 20.5. The highest BCUT2D eigenvalue weighted by molar-refractivity contribution is 5.80. The molecule has 0 radical (unpaired) electrons. The summed E-state index contributed by atoms with van der Waals surface area (Å²) >= 11 is 0. The first-order valence-corrected chi connectivity index (χ1v) is 10.4. The lowest BCUT2D eigenvalue weighted by molar-refractivity contribution is -0.126. The van der Waals surface area contributed by atoms with Crippen molar-refractivity contribution in [3.63, 3.8) is 0 Å². The molecule has 1 amide bonds. The molecule has 1 aliphatic rings. The molecule has 0 aliphatic carbocycles. The van der Waals surface area contributed by atoms with Crippen LogP contribution in [0.2, 0.25) is 0 Å². The summed E-state index contributed by atoms with van der Waals surface area (Å²) in [6.45, 7) is 8.45. The molecule has 0 saturated carbocycles. The highest BCUT2D eigenvalue weighted by Gasteiger charge is 2.31. The van der Waals surface area contributed by atoms with Crippen LogP contribution in [0.4, 0.5) is 0 Å². The lowest BCUT2D eigenvalue weighted by atomic mass is 10.0. The Bertz CT molecular complexity index is 1040. The Labute approximate surface area is 172 Å². The number of benzene rings is 2. The van der Waals surface area contributed by atoms with Gasteiger partial charge in [-0.25, -0.2) is 4.98 Å². The van der Waals surface area contributed by atoms with E-state index in [1.165, 1.54) is 11.1 Å². The zero-order valence-electron chi connectivity index (χ0n) is 17.7. The smallest absolute Gasteiger partial charge is 0.223 e. The number of aromatic nitrogens is 2. The van der Waals surface area contributed by atoms with Gasteiger partial charge in [-0.15, -0.1) is 0 Å². The lowest BCUT2D eigenvalue weighted by Gasteiger charge is -2.17. The number of amides is 1. The molecular formula is C24H29N3O2. The molecule has 2 heterocycles. The highest BCUT2D eigenvalue weighted by atomic mass is 16.5. The Morgan fingerprint density at radius 1 is 1.21 bits per heavy atom. The molecule has 2 aromatic carbocycles. The van der Waals surface area contributed by atoms with Crippen molar-refractivity contribution in [3.8, 4) is 5.75 Å². The quantitative estimate of drug-likeness (QED) is 0.622. The topological polar surface area (TPSA) is 47.4 Å². The first-order chi connectivity index (χ1) is 13.9. The monoisotopic (exact) mass is 391 g/mol. The standard InChI is InChI=1S/C24H29N3O2/c1-16(2)19-10-9-17(3)13-22(19)29-12-11-27-21-8-6-5-7-20(21)25-24(27)18-14-23(28)26(4)15-18/h5-10,13,16,18H,11-12,14-15H2,1-4H3. The molecule has 1 atom stereocenters. The Kier molecular flexibility index (Phi) is 5.31. The van der Waals surface area contributed by atoms with Gasteiger partial charge in [-0.2, -0.15) is 0 Å². The third-order valence-electron chi connectivity index (χ3n) is 5.75. The summed E-state index contributed by atoms with van der Waals surface area (Å²) in [5.74, 6) is 2.68. The van der Waals surface area contributed by atoms with E-state index in [0.29, 0.717) is 25.5 Å². The number of ether oxygens (including phenoxy) is 1. The molecule has 1 saturated heterocycles. The third-order valence-corrected chi connectivity index (χ3v) is 5.75.